The van der Waals surface area contributed by atoms with Gasteiger partial charge in [-0.15, -0.1) is 11.6 Å². The van der Waals surface area contributed by atoms with Crippen LogP contribution in [-0.4, -0.2) is 29.3 Å². The topological polar surface area (TPSA) is 40.5 Å². The van der Waals surface area contributed by atoms with Crippen molar-refractivity contribution in [2.24, 2.45) is 5.41 Å². The molecule has 0 amide bonds. The Morgan fingerprint density at radius 2 is 1.73 bits per heavy atom. The van der Waals surface area contributed by atoms with E-state index in [1.54, 1.807) is 0 Å². The summed E-state index contributed by atoms with van der Waals surface area (Å²) >= 11 is 5.49. The van der Waals surface area contributed by atoms with Gasteiger partial charge in [-0.2, -0.15) is 0 Å². The molecule has 0 spiro atoms. The highest BCUT2D eigenvalue weighted by Gasteiger charge is 2.21. The standard InChI is InChI=1S/C8H17ClO2/c1-8(6-10,7-11)4-2-3-5-9/h10-11H,2-7H2,1H3. The van der Waals surface area contributed by atoms with Crippen LogP contribution in [0.3, 0.4) is 0 Å². The fraction of sp³-hybridized carbons (Fsp3) is 1.00. The van der Waals surface area contributed by atoms with E-state index >= 15 is 0 Å². The fourth-order valence-electron chi connectivity index (χ4n) is 0.854. The van der Waals surface area contributed by atoms with Crippen LogP contribution in [-0.2, 0) is 0 Å². The second-order valence-electron chi connectivity index (χ2n) is 3.27. The van der Waals surface area contributed by atoms with Crippen LogP contribution in [0.4, 0.5) is 0 Å². The van der Waals surface area contributed by atoms with Gasteiger partial charge >= 0.3 is 0 Å². The maximum absolute atomic E-state index is 8.89. The Balaban J connectivity index is 3.51. The zero-order chi connectivity index (χ0) is 8.74. The molecule has 0 atom stereocenters. The number of hydrogen-bond acceptors (Lipinski definition) is 2. The number of hydrogen-bond donors (Lipinski definition) is 2. The molecule has 0 unspecified atom stereocenters. The molecule has 11 heavy (non-hydrogen) atoms. The maximum atomic E-state index is 8.89. The van der Waals surface area contributed by atoms with Crippen molar-refractivity contribution in [3.8, 4) is 0 Å². The summed E-state index contributed by atoms with van der Waals surface area (Å²) in [5, 5.41) is 17.8. The van der Waals surface area contributed by atoms with Crippen molar-refractivity contribution < 1.29 is 10.2 Å². The summed E-state index contributed by atoms with van der Waals surface area (Å²) in [4.78, 5) is 0. The van der Waals surface area contributed by atoms with Gasteiger partial charge in [0.15, 0.2) is 0 Å². The van der Waals surface area contributed by atoms with Gasteiger partial charge in [-0.1, -0.05) is 13.3 Å². The van der Waals surface area contributed by atoms with E-state index in [9.17, 15) is 0 Å². The molecule has 0 heterocycles. The Morgan fingerprint density at radius 3 is 2.09 bits per heavy atom. The minimum Gasteiger partial charge on any atom is -0.396 e. The molecule has 68 valence electrons. The monoisotopic (exact) mass is 180 g/mol. The molecule has 0 saturated carbocycles. The summed E-state index contributed by atoms with van der Waals surface area (Å²) in [6.07, 6.45) is 2.77. The average Bonchev–Trinajstić information content (AvgIpc) is 2.05. The summed E-state index contributed by atoms with van der Waals surface area (Å²) in [6, 6.07) is 0. The quantitative estimate of drug-likeness (QED) is 0.479. The van der Waals surface area contributed by atoms with Crippen molar-refractivity contribution in [3.63, 3.8) is 0 Å². The van der Waals surface area contributed by atoms with E-state index < -0.39 is 0 Å². The molecule has 0 aliphatic rings. The van der Waals surface area contributed by atoms with Gasteiger partial charge in [0.05, 0.1) is 13.2 Å². The van der Waals surface area contributed by atoms with Gasteiger partial charge in [-0.3, -0.25) is 0 Å². The number of rotatable bonds is 6. The van der Waals surface area contributed by atoms with Crippen LogP contribution in [0.25, 0.3) is 0 Å². The third-order valence-electron chi connectivity index (χ3n) is 1.93. The van der Waals surface area contributed by atoms with E-state index in [1.807, 2.05) is 6.92 Å². The smallest absolute Gasteiger partial charge is 0.0506 e. The summed E-state index contributed by atoms with van der Waals surface area (Å²) in [6.45, 7) is 1.97. The van der Waals surface area contributed by atoms with Gasteiger partial charge < -0.3 is 10.2 Å². The third kappa shape index (κ3) is 4.62. The summed E-state index contributed by atoms with van der Waals surface area (Å²) in [5.41, 5.74) is -0.313. The summed E-state index contributed by atoms with van der Waals surface area (Å²) < 4.78 is 0. The van der Waals surface area contributed by atoms with Crippen molar-refractivity contribution in [1.82, 2.24) is 0 Å². The lowest BCUT2D eigenvalue weighted by Gasteiger charge is -2.23. The van der Waals surface area contributed by atoms with Crippen molar-refractivity contribution in [1.29, 1.82) is 0 Å². The molecule has 0 fully saturated rings. The second kappa shape index (κ2) is 5.81. The third-order valence-corrected chi connectivity index (χ3v) is 2.19. The predicted molar refractivity (Wildman–Crippen MR) is 46.8 cm³/mol. The molecule has 0 aromatic carbocycles. The molecule has 0 aromatic heterocycles. The molecule has 0 bridgehead atoms. The van der Waals surface area contributed by atoms with E-state index in [4.69, 9.17) is 21.8 Å². The molecule has 0 aromatic rings. The lowest BCUT2D eigenvalue weighted by molar-refractivity contribution is 0.0610. The molecular weight excluding hydrogens is 164 g/mol. The van der Waals surface area contributed by atoms with E-state index in [0.717, 1.165) is 19.3 Å². The minimum atomic E-state index is -0.313. The van der Waals surface area contributed by atoms with Crippen LogP contribution in [0.2, 0.25) is 0 Å². The first kappa shape index (κ1) is 11.2. The van der Waals surface area contributed by atoms with Crippen LogP contribution in [0.1, 0.15) is 26.2 Å². The molecular formula is C8H17ClO2. The summed E-state index contributed by atoms with van der Waals surface area (Å²) in [5.74, 6) is 0.660. The fourth-order valence-corrected chi connectivity index (χ4v) is 1.04. The Kier molecular flexibility index (Phi) is 5.92. The van der Waals surface area contributed by atoms with E-state index in [2.05, 4.69) is 0 Å². The molecule has 0 saturated heterocycles. The molecule has 0 radical (unpaired) electrons. The first-order valence-electron chi connectivity index (χ1n) is 3.96. The van der Waals surface area contributed by atoms with Gasteiger partial charge in [0.25, 0.3) is 0 Å². The Morgan fingerprint density at radius 1 is 1.18 bits per heavy atom. The molecule has 2 nitrogen and oxygen atoms in total. The number of alkyl halides is 1. The normalized spacial score (nSPS) is 12.0. The summed E-state index contributed by atoms with van der Waals surface area (Å²) in [7, 11) is 0. The second-order valence-corrected chi connectivity index (χ2v) is 3.65. The SMILES string of the molecule is CC(CO)(CO)CCCCCl. The highest BCUT2D eigenvalue weighted by atomic mass is 35.5. The number of aliphatic hydroxyl groups excluding tert-OH is 2. The first-order valence-corrected chi connectivity index (χ1v) is 4.49. The number of halogens is 1. The Hall–Kier alpha value is 0.210. The zero-order valence-electron chi connectivity index (χ0n) is 7.02. The molecule has 3 heteroatoms. The molecule has 0 aliphatic heterocycles. The zero-order valence-corrected chi connectivity index (χ0v) is 7.77. The molecule has 0 aliphatic carbocycles. The van der Waals surface area contributed by atoms with E-state index in [1.165, 1.54) is 0 Å². The van der Waals surface area contributed by atoms with Gasteiger partial charge in [-0.25, -0.2) is 0 Å². The highest BCUT2D eigenvalue weighted by molar-refractivity contribution is 6.17. The minimum absolute atomic E-state index is 0.0474. The lowest BCUT2D eigenvalue weighted by Crippen LogP contribution is -2.25. The Bertz CT molecular complexity index is 92.1. The van der Waals surface area contributed by atoms with Crippen LogP contribution in [0.5, 0.6) is 0 Å². The molecule has 2 N–H and O–H groups in total. The van der Waals surface area contributed by atoms with Crippen molar-refractivity contribution in [2.45, 2.75) is 26.2 Å². The lowest BCUT2D eigenvalue weighted by atomic mass is 9.87. The average molecular weight is 181 g/mol. The predicted octanol–water partition coefficient (Wildman–Crippen LogP) is 1.39. The van der Waals surface area contributed by atoms with E-state index in [0.29, 0.717) is 5.88 Å². The number of unbranched alkanes of at least 4 members (excludes halogenated alkanes) is 1. The van der Waals surface area contributed by atoms with Crippen molar-refractivity contribution in [2.75, 3.05) is 19.1 Å². The van der Waals surface area contributed by atoms with Crippen LogP contribution < -0.4 is 0 Å². The van der Waals surface area contributed by atoms with Crippen LogP contribution in [0.15, 0.2) is 0 Å². The van der Waals surface area contributed by atoms with E-state index in [-0.39, 0.29) is 18.6 Å². The molecule has 0 rings (SSSR count). The van der Waals surface area contributed by atoms with Gasteiger partial charge in [0, 0.05) is 11.3 Å². The number of aliphatic hydroxyl groups is 2. The van der Waals surface area contributed by atoms with Crippen LogP contribution >= 0.6 is 11.6 Å². The van der Waals surface area contributed by atoms with Gasteiger partial charge in [-0.05, 0) is 12.8 Å². The highest BCUT2D eigenvalue weighted by Crippen LogP contribution is 2.22. The first-order chi connectivity index (χ1) is 5.18. The van der Waals surface area contributed by atoms with Gasteiger partial charge in [0.1, 0.15) is 0 Å². The van der Waals surface area contributed by atoms with Gasteiger partial charge in [0.2, 0.25) is 0 Å². The van der Waals surface area contributed by atoms with Crippen molar-refractivity contribution >= 4 is 11.6 Å². The van der Waals surface area contributed by atoms with Crippen molar-refractivity contribution in [3.05, 3.63) is 0 Å². The Labute approximate surface area is 73.2 Å². The maximum Gasteiger partial charge on any atom is 0.0506 e. The largest absolute Gasteiger partial charge is 0.396 e. The van der Waals surface area contributed by atoms with Crippen LogP contribution in [0, 0.1) is 5.41 Å².